The highest BCUT2D eigenvalue weighted by atomic mass is 16.2. The molecule has 0 spiro atoms. The molecule has 1 fully saturated rings. The molecular weight excluding hydrogens is 264 g/mol. The van der Waals surface area contributed by atoms with Gasteiger partial charge in [0.15, 0.2) is 0 Å². The van der Waals surface area contributed by atoms with Crippen molar-refractivity contribution in [2.45, 2.75) is 26.2 Å². The molecule has 4 heteroatoms. The van der Waals surface area contributed by atoms with E-state index in [1.54, 1.807) is 6.42 Å². The number of rotatable bonds is 3. The molecule has 1 heterocycles. The van der Waals surface area contributed by atoms with Crippen molar-refractivity contribution in [2.24, 2.45) is 0 Å². The Morgan fingerprint density at radius 3 is 2.81 bits per heavy atom. The second kappa shape index (κ2) is 7.62. The summed E-state index contributed by atoms with van der Waals surface area (Å²) in [5, 5.41) is 2.81. The Labute approximate surface area is 125 Å². The molecule has 2 rings (SSSR count). The topological polar surface area (TPSA) is 49.4 Å². The van der Waals surface area contributed by atoms with Crippen LogP contribution in [-0.2, 0) is 4.79 Å². The molecule has 0 aliphatic carbocycles. The van der Waals surface area contributed by atoms with Crippen LogP contribution in [0.2, 0.25) is 0 Å². The summed E-state index contributed by atoms with van der Waals surface area (Å²) in [5.41, 5.74) is 2.14. The van der Waals surface area contributed by atoms with E-state index in [4.69, 9.17) is 0 Å². The summed E-state index contributed by atoms with van der Waals surface area (Å²) in [6.45, 7) is 2.91. The van der Waals surface area contributed by atoms with Crippen LogP contribution in [0.4, 0.5) is 4.79 Å². The van der Waals surface area contributed by atoms with Crippen molar-refractivity contribution < 1.29 is 9.59 Å². The molecule has 0 unspecified atom stereocenters. The van der Waals surface area contributed by atoms with Gasteiger partial charge in [0.05, 0.1) is 6.42 Å². The molecule has 111 valence electrons. The van der Waals surface area contributed by atoms with Gasteiger partial charge in [-0.05, 0) is 25.3 Å². The van der Waals surface area contributed by atoms with Crippen LogP contribution < -0.4 is 5.32 Å². The highest BCUT2D eigenvalue weighted by Gasteiger charge is 2.22. The van der Waals surface area contributed by atoms with Crippen molar-refractivity contribution in [1.82, 2.24) is 10.2 Å². The predicted molar refractivity (Wildman–Crippen MR) is 83.4 cm³/mol. The standard InChI is InChI=1S/C17H21N2O2/c1-14(12-15-8-4-2-5-9-15)13-18-17(21)19-11-7-3-6-10-16(19)20/h2,4-5,8-10,12H,3,6-7,11,13H2,1H3,(H,18,21). The molecule has 1 radical (unpaired) electrons. The Morgan fingerprint density at radius 1 is 1.29 bits per heavy atom. The van der Waals surface area contributed by atoms with Gasteiger partial charge < -0.3 is 5.32 Å². The van der Waals surface area contributed by atoms with Gasteiger partial charge in [-0.3, -0.25) is 9.69 Å². The van der Waals surface area contributed by atoms with Gasteiger partial charge in [0.1, 0.15) is 0 Å². The van der Waals surface area contributed by atoms with E-state index in [0.29, 0.717) is 13.1 Å². The largest absolute Gasteiger partial charge is 0.334 e. The fourth-order valence-corrected chi connectivity index (χ4v) is 2.26. The summed E-state index contributed by atoms with van der Waals surface area (Å²) < 4.78 is 0. The van der Waals surface area contributed by atoms with Crippen molar-refractivity contribution >= 4 is 18.0 Å². The second-order valence-electron chi connectivity index (χ2n) is 5.25. The predicted octanol–water partition coefficient (Wildman–Crippen LogP) is 3.02. The molecule has 1 aliphatic rings. The monoisotopic (exact) mass is 285 g/mol. The number of carbonyl (C=O) groups excluding carboxylic acids is 2. The van der Waals surface area contributed by atoms with E-state index in [2.05, 4.69) is 5.32 Å². The lowest BCUT2D eigenvalue weighted by atomic mass is 10.1. The summed E-state index contributed by atoms with van der Waals surface area (Å²) in [6.07, 6.45) is 6.21. The number of hydrogen-bond donors (Lipinski definition) is 1. The van der Waals surface area contributed by atoms with Crippen molar-refractivity contribution in [3.8, 4) is 0 Å². The first-order valence-corrected chi connectivity index (χ1v) is 7.31. The first kappa shape index (κ1) is 15.3. The van der Waals surface area contributed by atoms with Gasteiger partial charge in [-0.25, -0.2) is 4.79 Å². The molecule has 3 amide bonds. The quantitative estimate of drug-likeness (QED) is 0.928. The molecule has 0 aromatic heterocycles. The lowest BCUT2D eigenvalue weighted by Crippen LogP contribution is -2.44. The molecule has 0 saturated carbocycles. The molecule has 1 N–H and O–H groups in total. The lowest BCUT2D eigenvalue weighted by molar-refractivity contribution is -0.124. The number of nitrogens with one attached hydrogen (secondary N) is 1. The Morgan fingerprint density at radius 2 is 2.05 bits per heavy atom. The van der Waals surface area contributed by atoms with E-state index in [9.17, 15) is 9.59 Å². The maximum atomic E-state index is 12.1. The smallest absolute Gasteiger partial charge is 0.324 e. The van der Waals surface area contributed by atoms with Crippen LogP contribution in [-0.4, -0.2) is 29.9 Å². The van der Waals surface area contributed by atoms with Crippen LogP contribution >= 0.6 is 0 Å². The van der Waals surface area contributed by atoms with Crippen molar-refractivity contribution in [3.63, 3.8) is 0 Å². The van der Waals surface area contributed by atoms with E-state index >= 15 is 0 Å². The Kier molecular flexibility index (Phi) is 5.55. The SMILES string of the molecule is CC(=Cc1ccccc1)CNC(=O)N1CCCC[CH]C1=O. The summed E-state index contributed by atoms with van der Waals surface area (Å²) in [7, 11) is 0. The zero-order valence-corrected chi connectivity index (χ0v) is 12.3. The highest BCUT2D eigenvalue weighted by molar-refractivity contribution is 5.98. The molecule has 1 aromatic carbocycles. The van der Waals surface area contributed by atoms with Gasteiger partial charge in [0.2, 0.25) is 5.91 Å². The fraction of sp³-hybridized carbons (Fsp3) is 0.353. The molecule has 0 atom stereocenters. The number of imide groups is 1. The summed E-state index contributed by atoms with van der Waals surface area (Å²) >= 11 is 0. The third-order valence-corrected chi connectivity index (χ3v) is 3.40. The first-order valence-electron chi connectivity index (χ1n) is 7.31. The highest BCUT2D eigenvalue weighted by Crippen LogP contribution is 2.10. The van der Waals surface area contributed by atoms with E-state index in [1.165, 1.54) is 4.90 Å². The average molecular weight is 285 g/mol. The van der Waals surface area contributed by atoms with Crippen LogP contribution in [0.3, 0.4) is 0 Å². The third-order valence-electron chi connectivity index (χ3n) is 3.40. The molecular formula is C17H21N2O2. The van der Waals surface area contributed by atoms with E-state index in [1.807, 2.05) is 43.3 Å². The minimum atomic E-state index is -0.307. The normalized spacial score (nSPS) is 16.5. The zero-order valence-electron chi connectivity index (χ0n) is 12.3. The van der Waals surface area contributed by atoms with E-state index < -0.39 is 0 Å². The van der Waals surface area contributed by atoms with Crippen LogP contribution in [0.25, 0.3) is 6.08 Å². The van der Waals surface area contributed by atoms with Gasteiger partial charge in [0, 0.05) is 13.1 Å². The summed E-state index contributed by atoms with van der Waals surface area (Å²) in [6, 6.07) is 9.64. The van der Waals surface area contributed by atoms with Crippen LogP contribution in [0.15, 0.2) is 35.9 Å². The van der Waals surface area contributed by atoms with Crippen molar-refractivity contribution in [3.05, 3.63) is 47.9 Å². The fourth-order valence-electron chi connectivity index (χ4n) is 2.26. The molecule has 21 heavy (non-hydrogen) atoms. The number of amides is 3. The molecule has 4 nitrogen and oxygen atoms in total. The minimum Gasteiger partial charge on any atom is -0.334 e. The zero-order chi connectivity index (χ0) is 15.1. The maximum Gasteiger partial charge on any atom is 0.324 e. The van der Waals surface area contributed by atoms with E-state index in [-0.39, 0.29) is 11.9 Å². The number of benzene rings is 1. The first-order chi connectivity index (χ1) is 10.2. The Balaban J connectivity index is 1.88. The third kappa shape index (κ3) is 4.74. The molecule has 0 bridgehead atoms. The maximum absolute atomic E-state index is 12.1. The average Bonchev–Trinajstić information content (AvgIpc) is 2.70. The van der Waals surface area contributed by atoms with Gasteiger partial charge >= 0.3 is 6.03 Å². The molecule has 1 aromatic rings. The Hall–Kier alpha value is -2.10. The van der Waals surface area contributed by atoms with Crippen LogP contribution in [0.1, 0.15) is 31.7 Å². The number of likely N-dealkylation sites (tertiary alicyclic amines) is 1. The van der Waals surface area contributed by atoms with Gasteiger partial charge in [-0.2, -0.15) is 0 Å². The van der Waals surface area contributed by atoms with E-state index in [0.717, 1.165) is 30.4 Å². The van der Waals surface area contributed by atoms with Crippen LogP contribution in [0.5, 0.6) is 0 Å². The van der Waals surface area contributed by atoms with Crippen molar-refractivity contribution in [1.29, 1.82) is 0 Å². The second-order valence-corrected chi connectivity index (χ2v) is 5.25. The summed E-state index contributed by atoms with van der Waals surface area (Å²) in [4.78, 5) is 25.1. The van der Waals surface area contributed by atoms with Gasteiger partial charge in [-0.1, -0.05) is 48.4 Å². The Bertz CT molecular complexity index is 523. The number of nitrogens with zero attached hydrogens (tertiary/aromatic N) is 1. The van der Waals surface area contributed by atoms with Gasteiger partial charge in [0.25, 0.3) is 0 Å². The minimum absolute atomic E-state index is 0.185. The number of urea groups is 1. The molecule has 1 saturated heterocycles. The van der Waals surface area contributed by atoms with Gasteiger partial charge in [-0.15, -0.1) is 0 Å². The number of hydrogen-bond acceptors (Lipinski definition) is 2. The number of carbonyl (C=O) groups is 2. The molecule has 1 aliphatic heterocycles. The lowest BCUT2D eigenvalue weighted by Gasteiger charge is -2.19. The van der Waals surface area contributed by atoms with Crippen LogP contribution in [0, 0.1) is 6.42 Å². The van der Waals surface area contributed by atoms with Crippen molar-refractivity contribution in [2.75, 3.05) is 13.1 Å². The summed E-state index contributed by atoms with van der Waals surface area (Å²) in [5.74, 6) is -0.185.